The molecule has 0 aromatic heterocycles. The van der Waals surface area contributed by atoms with Gasteiger partial charge in [-0.25, -0.2) is 0 Å². The maximum Gasteiger partial charge on any atom is 0.303 e. The maximum atomic E-state index is 11.0. The molecule has 3 unspecified atom stereocenters. The molecule has 0 aromatic carbocycles. The molecule has 1 aliphatic rings. The van der Waals surface area contributed by atoms with Crippen LogP contribution in [0, 0.1) is 0 Å². The van der Waals surface area contributed by atoms with E-state index in [9.17, 15) is 14.4 Å². The Hall–Kier alpha value is -1.63. The molecule has 0 spiro atoms. The highest BCUT2D eigenvalue weighted by Crippen LogP contribution is 2.21. The van der Waals surface area contributed by atoms with E-state index < -0.39 is 30.1 Å². The molecule has 19 heavy (non-hydrogen) atoms. The van der Waals surface area contributed by atoms with Gasteiger partial charge in [-0.05, 0) is 0 Å². The van der Waals surface area contributed by atoms with Gasteiger partial charge in [-0.3, -0.25) is 14.4 Å². The van der Waals surface area contributed by atoms with Gasteiger partial charge in [-0.1, -0.05) is 0 Å². The van der Waals surface area contributed by atoms with Crippen molar-refractivity contribution in [2.45, 2.75) is 45.5 Å². The predicted molar refractivity (Wildman–Crippen MR) is 62.1 cm³/mol. The lowest BCUT2D eigenvalue weighted by Gasteiger charge is -2.34. The largest absolute Gasteiger partial charge is 0.463 e. The molecule has 1 fully saturated rings. The molecular weight excluding hydrogens is 256 g/mol. The first-order valence-electron chi connectivity index (χ1n) is 5.98. The van der Waals surface area contributed by atoms with Crippen molar-refractivity contribution in [1.82, 2.24) is 0 Å². The summed E-state index contributed by atoms with van der Waals surface area (Å²) in [5.74, 6) is -1.34. The van der Waals surface area contributed by atoms with Crippen LogP contribution in [0.15, 0.2) is 0 Å². The number of carbonyl (C=O) groups is 3. The van der Waals surface area contributed by atoms with Crippen LogP contribution in [0.2, 0.25) is 0 Å². The zero-order chi connectivity index (χ0) is 14.4. The van der Waals surface area contributed by atoms with Crippen LogP contribution in [0.25, 0.3) is 0 Å². The minimum absolute atomic E-state index is 0.0832. The van der Waals surface area contributed by atoms with E-state index in [1.165, 1.54) is 20.8 Å². The number of hydrogen-bond acceptors (Lipinski definition) is 7. The molecule has 0 N–H and O–H groups in total. The topological polar surface area (TPSA) is 88.1 Å². The number of ether oxygens (including phenoxy) is 4. The smallest absolute Gasteiger partial charge is 0.303 e. The highest BCUT2D eigenvalue weighted by molar-refractivity contribution is 5.67. The summed E-state index contributed by atoms with van der Waals surface area (Å²) in [7, 11) is 0. The lowest BCUT2D eigenvalue weighted by atomic mass is 10.0. The van der Waals surface area contributed by atoms with Crippen LogP contribution in [-0.4, -0.2) is 49.4 Å². The van der Waals surface area contributed by atoms with E-state index in [-0.39, 0.29) is 19.3 Å². The van der Waals surface area contributed by atoms with Crippen LogP contribution < -0.4 is 0 Å². The first-order chi connectivity index (χ1) is 8.88. The van der Waals surface area contributed by atoms with Crippen LogP contribution in [0.1, 0.15) is 27.2 Å². The third-order valence-electron chi connectivity index (χ3n) is 2.51. The Balaban J connectivity index is 2.56. The van der Waals surface area contributed by atoms with E-state index >= 15 is 0 Å². The number of carbonyl (C=O) groups excluding carboxylic acids is 3. The second-order valence-electron chi connectivity index (χ2n) is 4.29. The molecular formula is C12H18O7. The second-order valence-corrected chi connectivity index (χ2v) is 4.29. The van der Waals surface area contributed by atoms with Crippen molar-refractivity contribution in [3.8, 4) is 0 Å². The summed E-state index contributed by atoms with van der Waals surface area (Å²) in [6.45, 7) is 4.04. The van der Waals surface area contributed by atoms with Gasteiger partial charge in [0.25, 0.3) is 0 Å². The normalized spacial score (nSPS) is 26.4. The molecule has 0 amide bonds. The molecule has 1 rings (SSSR count). The van der Waals surface area contributed by atoms with Gasteiger partial charge in [0.05, 0.1) is 12.7 Å². The quantitative estimate of drug-likeness (QED) is 0.534. The number of hydrogen-bond donors (Lipinski definition) is 0. The van der Waals surface area contributed by atoms with Gasteiger partial charge in [-0.15, -0.1) is 0 Å². The molecule has 3 atom stereocenters. The van der Waals surface area contributed by atoms with E-state index in [0.29, 0.717) is 6.42 Å². The lowest BCUT2D eigenvalue weighted by molar-refractivity contribution is -0.192. The van der Waals surface area contributed by atoms with E-state index in [2.05, 4.69) is 0 Å². The SMILES string of the molecule is CC(=O)OCC1CC(OC(C)=O)C(OC(C)=O)CO1. The van der Waals surface area contributed by atoms with Crippen molar-refractivity contribution >= 4 is 17.9 Å². The number of esters is 3. The van der Waals surface area contributed by atoms with Crippen LogP contribution in [0.3, 0.4) is 0 Å². The fraction of sp³-hybridized carbons (Fsp3) is 0.750. The molecule has 0 saturated carbocycles. The standard InChI is InChI=1S/C12H18O7/c1-7(13)16-5-10-4-11(18-8(2)14)12(6-17-10)19-9(3)15/h10-12H,4-6H2,1-3H3. The molecule has 1 saturated heterocycles. The molecule has 108 valence electrons. The summed E-state index contributed by atoms with van der Waals surface area (Å²) in [4.78, 5) is 32.7. The molecule has 0 aliphatic carbocycles. The van der Waals surface area contributed by atoms with Crippen LogP contribution in [0.4, 0.5) is 0 Å². The summed E-state index contributed by atoms with van der Waals surface area (Å²) in [5.41, 5.74) is 0. The first-order valence-corrected chi connectivity index (χ1v) is 5.98. The third kappa shape index (κ3) is 5.69. The fourth-order valence-electron chi connectivity index (χ4n) is 1.80. The average Bonchev–Trinajstić information content (AvgIpc) is 2.28. The van der Waals surface area contributed by atoms with Gasteiger partial charge in [0.15, 0.2) is 6.10 Å². The minimum atomic E-state index is -0.630. The van der Waals surface area contributed by atoms with Crippen molar-refractivity contribution in [1.29, 1.82) is 0 Å². The Kier molecular flexibility index (Phi) is 5.75. The van der Waals surface area contributed by atoms with Gasteiger partial charge in [0.2, 0.25) is 0 Å². The first kappa shape index (κ1) is 15.4. The Morgan fingerprint density at radius 3 is 2.11 bits per heavy atom. The monoisotopic (exact) mass is 274 g/mol. The highest BCUT2D eigenvalue weighted by atomic mass is 16.6. The Bertz CT molecular complexity index is 352. The van der Waals surface area contributed by atoms with Crippen LogP contribution in [0.5, 0.6) is 0 Å². The fourth-order valence-corrected chi connectivity index (χ4v) is 1.80. The Morgan fingerprint density at radius 2 is 1.58 bits per heavy atom. The van der Waals surface area contributed by atoms with Crippen LogP contribution in [-0.2, 0) is 33.3 Å². The molecule has 0 radical (unpaired) electrons. The summed E-state index contributed by atoms with van der Waals surface area (Å²) < 4.78 is 20.4. The predicted octanol–water partition coefficient (Wildman–Crippen LogP) is 0.202. The molecule has 7 heteroatoms. The van der Waals surface area contributed by atoms with Crippen molar-refractivity contribution in [2.24, 2.45) is 0 Å². The Labute approximate surface area is 111 Å². The molecule has 7 nitrogen and oxygen atoms in total. The van der Waals surface area contributed by atoms with E-state index in [4.69, 9.17) is 18.9 Å². The van der Waals surface area contributed by atoms with Gasteiger partial charge < -0.3 is 18.9 Å². The van der Waals surface area contributed by atoms with Crippen molar-refractivity contribution in [3.05, 3.63) is 0 Å². The van der Waals surface area contributed by atoms with Gasteiger partial charge in [0, 0.05) is 27.2 Å². The van der Waals surface area contributed by atoms with Gasteiger partial charge >= 0.3 is 17.9 Å². The average molecular weight is 274 g/mol. The highest BCUT2D eigenvalue weighted by Gasteiger charge is 2.36. The van der Waals surface area contributed by atoms with Gasteiger partial charge in [-0.2, -0.15) is 0 Å². The molecule has 1 heterocycles. The van der Waals surface area contributed by atoms with Crippen molar-refractivity contribution < 1.29 is 33.3 Å². The lowest BCUT2D eigenvalue weighted by Crippen LogP contribution is -2.47. The van der Waals surface area contributed by atoms with Crippen molar-refractivity contribution in [3.63, 3.8) is 0 Å². The molecule has 0 bridgehead atoms. The number of rotatable bonds is 4. The van der Waals surface area contributed by atoms with Gasteiger partial charge in [0.1, 0.15) is 12.7 Å². The van der Waals surface area contributed by atoms with Crippen molar-refractivity contribution in [2.75, 3.05) is 13.2 Å². The molecule has 1 aliphatic heterocycles. The zero-order valence-corrected chi connectivity index (χ0v) is 11.2. The third-order valence-corrected chi connectivity index (χ3v) is 2.51. The van der Waals surface area contributed by atoms with E-state index in [1.807, 2.05) is 0 Å². The maximum absolute atomic E-state index is 11.0. The summed E-state index contributed by atoms with van der Waals surface area (Å²) in [6.07, 6.45) is -1.28. The summed E-state index contributed by atoms with van der Waals surface area (Å²) in [5, 5.41) is 0. The van der Waals surface area contributed by atoms with Crippen LogP contribution >= 0.6 is 0 Å². The molecule has 0 aromatic rings. The Morgan fingerprint density at radius 1 is 1.00 bits per heavy atom. The zero-order valence-electron chi connectivity index (χ0n) is 11.2. The minimum Gasteiger partial charge on any atom is -0.463 e. The van der Waals surface area contributed by atoms with E-state index in [0.717, 1.165) is 0 Å². The summed E-state index contributed by atoms with van der Waals surface area (Å²) in [6, 6.07) is 0. The second kappa shape index (κ2) is 7.08. The summed E-state index contributed by atoms with van der Waals surface area (Å²) >= 11 is 0. The van der Waals surface area contributed by atoms with E-state index in [1.54, 1.807) is 0 Å².